The van der Waals surface area contributed by atoms with Gasteiger partial charge in [0.05, 0.1) is 4.90 Å². The summed E-state index contributed by atoms with van der Waals surface area (Å²) in [5.74, 6) is -0.221. The van der Waals surface area contributed by atoms with E-state index in [1.54, 1.807) is 0 Å². The lowest BCUT2D eigenvalue weighted by Crippen LogP contribution is -2.35. The van der Waals surface area contributed by atoms with Crippen LogP contribution in [0.15, 0.2) is 86.6 Å². The Labute approximate surface area is 204 Å². The van der Waals surface area contributed by atoms with Crippen LogP contribution in [0.2, 0.25) is 0 Å². The van der Waals surface area contributed by atoms with Crippen molar-refractivity contribution in [3.8, 4) is 11.5 Å². The Morgan fingerprint density at radius 3 is 2.50 bits per heavy atom. The summed E-state index contributed by atoms with van der Waals surface area (Å²) in [7, 11) is -3.68. The zero-order valence-electron chi connectivity index (χ0n) is 17.8. The van der Waals surface area contributed by atoms with E-state index in [1.165, 1.54) is 34.1 Å². The van der Waals surface area contributed by atoms with Crippen molar-refractivity contribution < 1.29 is 17.6 Å². The van der Waals surface area contributed by atoms with Crippen LogP contribution >= 0.6 is 15.9 Å². The van der Waals surface area contributed by atoms with Crippen molar-refractivity contribution in [2.45, 2.75) is 17.9 Å². The lowest BCUT2D eigenvalue weighted by Gasteiger charge is -2.28. The molecule has 34 heavy (non-hydrogen) atoms. The largest absolute Gasteiger partial charge is 0.403 e. The van der Waals surface area contributed by atoms with Gasteiger partial charge in [0.25, 0.3) is 5.91 Å². The van der Waals surface area contributed by atoms with Gasteiger partial charge in [-0.25, -0.2) is 8.42 Å². The molecule has 0 saturated carbocycles. The number of hydrogen-bond donors (Lipinski definition) is 1. The second kappa shape index (κ2) is 9.13. The maximum absolute atomic E-state index is 13.1. The number of amides is 1. The molecule has 0 aliphatic carbocycles. The molecule has 0 atom stereocenters. The summed E-state index contributed by atoms with van der Waals surface area (Å²) in [4.78, 5) is 12.7. The first-order valence-electron chi connectivity index (χ1n) is 10.5. The Bertz CT molecular complexity index is 1470. The van der Waals surface area contributed by atoms with Crippen LogP contribution < -0.4 is 5.32 Å². The number of carbonyl (C=O) groups is 1. The Balaban J connectivity index is 1.28. The fourth-order valence-electron chi connectivity index (χ4n) is 3.78. The molecule has 0 bridgehead atoms. The molecule has 0 unspecified atom stereocenters. The second-order valence-electron chi connectivity index (χ2n) is 7.76. The number of anilines is 1. The molecule has 5 rings (SSSR count). The molecule has 4 aromatic rings. The first-order chi connectivity index (χ1) is 16.4. The highest BCUT2D eigenvalue weighted by molar-refractivity contribution is 9.10. The minimum atomic E-state index is -3.68. The van der Waals surface area contributed by atoms with E-state index < -0.39 is 15.9 Å². The molecule has 0 spiro atoms. The maximum Gasteiger partial charge on any atom is 0.322 e. The van der Waals surface area contributed by atoms with E-state index >= 15 is 0 Å². The van der Waals surface area contributed by atoms with Crippen molar-refractivity contribution in [1.82, 2.24) is 14.5 Å². The van der Waals surface area contributed by atoms with Crippen LogP contribution in [0.5, 0.6) is 0 Å². The molecular weight excluding hydrogens is 520 g/mol. The Morgan fingerprint density at radius 2 is 1.74 bits per heavy atom. The number of carbonyl (C=O) groups excluding carboxylic acids is 1. The summed E-state index contributed by atoms with van der Waals surface area (Å²) < 4.78 is 34.1. The molecule has 172 valence electrons. The minimum absolute atomic E-state index is 0.0522. The molecule has 2 heterocycles. The predicted octanol–water partition coefficient (Wildman–Crippen LogP) is 4.50. The number of nitrogens with one attached hydrogen (secondary N) is 1. The highest BCUT2D eigenvalue weighted by Crippen LogP contribution is 2.26. The van der Waals surface area contributed by atoms with Crippen molar-refractivity contribution in [1.29, 1.82) is 0 Å². The van der Waals surface area contributed by atoms with E-state index in [0.717, 1.165) is 10.0 Å². The van der Waals surface area contributed by atoms with E-state index in [1.807, 2.05) is 48.5 Å². The van der Waals surface area contributed by atoms with Gasteiger partial charge in [-0.15, -0.1) is 5.10 Å². The number of rotatable bonds is 5. The number of benzene rings is 3. The predicted molar refractivity (Wildman–Crippen MR) is 130 cm³/mol. The molecule has 1 aliphatic heterocycles. The van der Waals surface area contributed by atoms with E-state index in [9.17, 15) is 13.2 Å². The standard InChI is InChI=1S/C24H19BrN4O4S/c25-20-7-3-6-18(14-20)23-27-28-24(33-23)26-22(30)17-8-10-21(11-9-17)34(31,32)29-13-12-16-4-1-2-5-19(16)15-29/h1-11,14H,12-13,15H2,(H,26,28,30). The van der Waals surface area contributed by atoms with Gasteiger partial charge in [-0.05, 0) is 60.0 Å². The molecular formula is C24H19BrN4O4S. The van der Waals surface area contributed by atoms with E-state index in [-0.39, 0.29) is 22.4 Å². The molecule has 3 aromatic carbocycles. The topological polar surface area (TPSA) is 105 Å². The summed E-state index contributed by atoms with van der Waals surface area (Å²) in [6, 6.07) is 20.9. The van der Waals surface area contributed by atoms with Crippen LogP contribution in [-0.2, 0) is 23.0 Å². The maximum atomic E-state index is 13.1. The molecule has 1 aromatic heterocycles. The molecule has 1 aliphatic rings. The molecule has 1 N–H and O–H groups in total. The number of sulfonamides is 1. The minimum Gasteiger partial charge on any atom is -0.403 e. The molecule has 8 nitrogen and oxygen atoms in total. The zero-order valence-corrected chi connectivity index (χ0v) is 20.2. The molecule has 0 radical (unpaired) electrons. The van der Waals surface area contributed by atoms with Crippen LogP contribution in [0, 0.1) is 0 Å². The molecule has 0 fully saturated rings. The third-order valence-corrected chi connectivity index (χ3v) is 7.92. The van der Waals surface area contributed by atoms with Crippen LogP contribution in [0.1, 0.15) is 21.5 Å². The van der Waals surface area contributed by atoms with E-state index in [0.29, 0.717) is 25.1 Å². The van der Waals surface area contributed by atoms with E-state index in [4.69, 9.17) is 4.42 Å². The lowest BCUT2D eigenvalue weighted by atomic mass is 10.0. The Kier molecular flexibility index (Phi) is 6.03. The van der Waals surface area contributed by atoms with Crippen molar-refractivity contribution in [2.75, 3.05) is 11.9 Å². The fourth-order valence-corrected chi connectivity index (χ4v) is 5.60. The van der Waals surface area contributed by atoms with Crippen LogP contribution in [0.25, 0.3) is 11.5 Å². The van der Waals surface area contributed by atoms with Gasteiger partial charge in [-0.2, -0.15) is 4.31 Å². The summed E-state index contributed by atoms with van der Waals surface area (Å²) in [6.45, 7) is 0.747. The average molecular weight is 539 g/mol. The van der Waals surface area contributed by atoms with Crippen LogP contribution in [-0.4, -0.2) is 35.4 Å². The fraction of sp³-hybridized carbons (Fsp3) is 0.125. The summed E-state index contributed by atoms with van der Waals surface area (Å²) >= 11 is 3.38. The SMILES string of the molecule is O=C(Nc1nnc(-c2cccc(Br)c2)o1)c1ccc(S(=O)(=O)N2CCc3ccccc3C2)cc1. The molecule has 0 saturated heterocycles. The van der Waals surface area contributed by atoms with Gasteiger partial charge < -0.3 is 4.42 Å². The van der Waals surface area contributed by atoms with Gasteiger partial charge >= 0.3 is 6.01 Å². The van der Waals surface area contributed by atoms with Crippen molar-refractivity contribution in [2.24, 2.45) is 0 Å². The number of halogens is 1. The van der Waals surface area contributed by atoms with Crippen molar-refractivity contribution >= 4 is 37.9 Å². The number of aromatic nitrogens is 2. The van der Waals surface area contributed by atoms with Crippen molar-refractivity contribution in [3.05, 3.63) is 94.0 Å². The highest BCUT2D eigenvalue weighted by Gasteiger charge is 2.28. The quantitative estimate of drug-likeness (QED) is 0.401. The third kappa shape index (κ3) is 4.52. The van der Waals surface area contributed by atoms with Gasteiger partial charge in [-0.1, -0.05) is 51.4 Å². The first kappa shape index (κ1) is 22.5. The summed E-state index contributed by atoms with van der Waals surface area (Å²) in [6.07, 6.45) is 0.669. The van der Waals surface area contributed by atoms with E-state index in [2.05, 4.69) is 31.4 Å². The monoisotopic (exact) mass is 538 g/mol. The Hall–Kier alpha value is -3.34. The van der Waals surface area contributed by atoms with Crippen LogP contribution in [0.4, 0.5) is 6.01 Å². The lowest BCUT2D eigenvalue weighted by molar-refractivity contribution is 0.102. The number of hydrogen-bond acceptors (Lipinski definition) is 6. The first-order valence-corrected chi connectivity index (χ1v) is 12.7. The zero-order chi connectivity index (χ0) is 23.7. The average Bonchev–Trinajstić information content (AvgIpc) is 3.32. The normalized spacial score (nSPS) is 13.9. The van der Waals surface area contributed by atoms with Gasteiger partial charge in [0, 0.05) is 28.7 Å². The summed E-state index contributed by atoms with van der Waals surface area (Å²) in [5, 5.41) is 10.4. The smallest absolute Gasteiger partial charge is 0.322 e. The van der Waals surface area contributed by atoms with Gasteiger partial charge in [0.1, 0.15) is 0 Å². The van der Waals surface area contributed by atoms with Gasteiger partial charge in [0.2, 0.25) is 15.9 Å². The number of nitrogens with zero attached hydrogens (tertiary/aromatic N) is 3. The van der Waals surface area contributed by atoms with Gasteiger partial charge in [0.15, 0.2) is 0 Å². The van der Waals surface area contributed by atoms with Crippen molar-refractivity contribution in [3.63, 3.8) is 0 Å². The number of fused-ring (bicyclic) bond motifs is 1. The highest BCUT2D eigenvalue weighted by atomic mass is 79.9. The van der Waals surface area contributed by atoms with Crippen LogP contribution in [0.3, 0.4) is 0 Å². The molecule has 10 heteroatoms. The second-order valence-corrected chi connectivity index (χ2v) is 10.6. The molecule has 1 amide bonds. The van der Waals surface area contributed by atoms with Gasteiger partial charge in [-0.3, -0.25) is 10.1 Å². The Morgan fingerprint density at radius 1 is 0.971 bits per heavy atom. The third-order valence-electron chi connectivity index (χ3n) is 5.57. The summed E-state index contributed by atoms with van der Waals surface area (Å²) in [5.41, 5.74) is 3.16.